The SMILES string of the molecule is CCc1ccc(N2CCCn3c2nc2c3c(=O)n(Cc3ccccc3)c(=O)n2C)cc1. The van der Waals surface area contributed by atoms with Crippen molar-refractivity contribution in [2.45, 2.75) is 32.9 Å². The minimum atomic E-state index is -0.351. The normalized spacial score (nSPS) is 13.5. The highest BCUT2D eigenvalue weighted by Gasteiger charge is 2.27. The van der Waals surface area contributed by atoms with Crippen LogP contribution in [0.4, 0.5) is 11.6 Å². The molecule has 0 radical (unpaired) electrons. The van der Waals surface area contributed by atoms with Crippen LogP contribution in [0.2, 0.25) is 0 Å². The van der Waals surface area contributed by atoms with E-state index in [0.717, 1.165) is 36.6 Å². The zero-order valence-corrected chi connectivity index (χ0v) is 17.8. The monoisotopic (exact) mass is 415 g/mol. The number of aryl methyl sites for hydroxylation is 3. The lowest BCUT2D eigenvalue weighted by molar-refractivity contribution is 0.597. The van der Waals surface area contributed by atoms with Gasteiger partial charge in [0.1, 0.15) is 0 Å². The van der Waals surface area contributed by atoms with Gasteiger partial charge in [-0.25, -0.2) is 4.79 Å². The minimum absolute atomic E-state index is 0.241. The van der Waals surface area contributed by atoms with E-state index >= 15 is 0 Å². The van der Waals surface area contributed by atoms with Gasteiger partial charge in [0, 0.05) is 25.8 Å². The van der Waals surface area contributed by atoms with Crippen LogP contribution in [0.3, 0.4) is 0 Å². The fourth-order valence-electron chi connectivity index (χ4n) is 4.33. The van der Waals surface area contributed by atoms with Crippen LogP contribution >= 0.6 is 0 Å². The Balaban J connectivity index is 1.68. The van der Waals surface area contributed by atoms with E-state index < -0.39 is 0 Å². The molecule has 5 rings (SSSR count). The van der Waals surface area contributed by atoms with Crippen molar-refractivity contribution in [2.24, 2.45) is 7.05 Å². The smallest absolute Gasteiger partial charge is 0.312 e. The van der Waals surface area contributed by atoms with E-state index in [2.05, 4.69) is 36.1 Å². The van der Waals surface area contributed by atoms with Crippen molar-refractivity contribution in [1.29, 1.82) is 0 Å². The quantitative estimate of drug-likeness (QED) is 0.514. The molecule has 0 fully saturated rings. The van der Waals surface area contributed by atoms with Gasteiger partial charge in [0.25, 0.3) is 5.56 Å². The van der Waals surface area contributed by atoms with Gasteiger partial charge in [-0.2, -0.15) is 4.98 Å². The standard InChI is InChI=1S/C24H25N5O2/c1-3-17-10-12-19(13-11-17)27-14-7-15-28-20-21(25-23(27)28)26(2)24(31)29(22(20)30)16-18-8-5-4-6-9-18/h4-6,8-13H,3,7,14-16H2,1-2H3. The van der Waals surface area contributed by atoms with Gasteiger partial charge < -0.3 is 9.47 Å². The van der Waals surface area contributed by atoms with Gasteiger partial charge in [0.05, 0.1) is 6.54 Å². The van der Waals surface area contributed by atoms with Crippen molar-refractivity contribution >= 4 is 22.8 Å². The number of hydrogen-bond acceptors (Lipinski definition) is 4. The van der Waals surface area contributed by atoms with Gasteiger partial charge in [-0.1, -0.05) is 49.4 Å². The molecule has 0 atom stereocenters. The van der Waals surface area contributed by atoms with E-state index in [1.54, 1.807) is 7.05 Å². The second-order valence-corrected chi connectivity index (χ2v) is 7.98. The summed E-state index contributed by atoms with van der Waals surface area (Å²) in [7, 11) is 1.69. The van der Waals surface area contributed by atoms with Gasteiger partial charge in [0.15, 0.2) is 11.2 Å². The molecule has 0 saturated heterocycles. The Bertz CT molecular complexity index is 1360. The average Bonchev–Trinajstić information content (AvgIpc) is 3.21. The Labute approximate surface area is 179 Å². The topological polar surface area (TPSA) is 65.1 Å². The molecule has 1 aliphatic rings. The molecule has 7 heteroatoms. The zero-order chi connectivity index (χ0) is 21.5. The van der Waals surface area contributed by atoms with Crippen LogP contribution in [-0.4, -0.2) is 25.2 Å². The van der Waals surface area contributed by atoms with Crippen molar-refractivity contribution in [3.8, 4) is 0 Å². The molecular weight excluding hydrogens is 390 g/mol. The van der Waals surface area contributed by atoms with E-state index in [-0.39, 0.29) is 17.8 Å². The van der Waals surface area contributed by atoms with Crippen molar-refractivity contribution in [3.63, 3.8) is 0 Å². The molecule has 1 aliphatic heterocycles. The summed E-state index contributed by atoms with van der Waals surface area (Å²) in [6.07, 6.45) is 1.89. The number of rotatable bonds is 4. The number of hydrogen-bond donors (Lipinski definition) is 0. The fourth-order valence-corrected chi connectivity index (χ4v) is 4.33. The molecule has 31 heavy (non-hydrogen) atoms. The molecule has 4 aromatic rings. The van der Waals surface area contributed by atoms with E-state index in [1.807, 2.05) is 34.9 Å². The molecule has 2 aromatic carbocycles. The summed E-state index contributed by atoms with van der Waals surface area (Å²) >= 11 is 0. The summed E-state index contributed by atoms with van der Waals surface area (Å²) < 4.78 is 4.76. The van der Waals surface area contributed by atoms with Crippen LogP contribution in [0.1, 0.15) is 24.5 Å². The Hall–Kier alpha value is -3.61. The largest absolute Gasteiger partial charge is 0.332 e. The number of aromatic nitrogens is 4. The molecule has 0 N–H and O–H groups in total. The predicted octanol–water partition coefficient (Wildman–Crippen LogP) is 3.05. The number of anilines is 2. The van der Waals surface area contributed by atoms with Crippen molar-refractivity contribution in [1.82, 2.24) is 18.7 Å². The summed E-state index contributed by atoms with van der Waals surface area (Å²) in [6.45, 7) is 3.90. The van der Waals surface area contributed by atoms with Crippen LogP contribution in [0.15, 0.2) is 64.2 Å². The molecule has 2 aromatic heterocycles. The van der Waals surface area contributed by atoms with E-state index in [9.17, 15) is 9.59 Å². The Morgan fingerprint density at radius 1 is 0.935 bits per heavy atom. The summed E-state index contributed by atoms with van der Waals surface area (Å²) in [5, 5.41) is 0. The number of benzene rings is 2. The lowest BCUT2D eigenvalue weighted by Crippen LogP contribution is -2.40. The first-order chi connectivity index (χ1) is 15.1. The third-order valence-corrected chi connectivity index (χ3v) is 6.06. The summed E-state index contributed by atoms with van der Waals surface area (Å²) in [5.74, 6) is 0.718. The van der Waals surface area contributed by atoms with Crippen LogP contribution in [0, 0.1) is 0 Å². The molecule has 0 aliphatic carbocycles. The number of nitrogens with zero attached hydrogens (tertiary/aromatic N) is 5. The fraction of sp³-hybridized carbons (Fsp3) is 0.292. The van der Waals surface area contributed by atoms with E-state index in [4.69, 9.17) is 4.98 Å². The Morgan fingerprint density at radius 2 is 1.68 bits per heavy atom. The van der Waals surface area contributed by atoms with E-state index in [1.165, 1.54) is 14.7 Å². The first-order valence-corrected chi connectivity index (χ1v) is 10.7. The molecule has 0 saturated carbocycles. The minimum Gasteiger partial charge on any atom is -0.312 e. The molecule has 3 heterocycles. The molecule has 0 bridgehead atoms. The summed E-state index contributed by atoms with van der Waals surface area (Å²) in [6, 6.07) is 18.0. The second-order valence-electron chi connectivity index (χ2n) is 7.98. The number of imidazole rings is 1. The van der Waals surface area contributed by atoms with Crippen LogP contribution in [0.25, 0.3) is 11.2 Å². The van der Waals surface area contributed by atoms with Crippen LogP contribution in [0.5, 0.6) is 0 Å². The van der Waals surface area contributed by atoms with E-state index in [0.29, 0.717) is 17.7 Å². The molecule has 0 unspecified atom stereocenters. The van der Waals surface area contributed by atoms with Gasteiger partial charge >= 0.3 is 5.69 Å². The maximum Gasteiger partial charge on any atom is 0.332 e. The van der Waals surface area contributed by atoms with Gasteiger partial charge in [0.2, 0.25) is 5.95 Å². The van der Waals surface area contributed by atoms with Gasteiger partial charge in [-0.3, -0.25) is 13.9 Å². The highest BCUT2D eigenvalue weighted by molar-refractivity contribution is 5.77. The summed E-state index contributed by atoms with van der Waals surface area (Å²) in [5.41, 5.74) is 3.52. The van der Waals surface area contributed by atoms with Crippen LogP contribution < -0.4 is 16.1 Å². The van der Waals surface area contributed by atoms with Crippen molar-refractivity contribution in [2.75, 3.05) is 11.4 Å². The molecule has 0 amide bonds. The van der Waals surface area contributed by atoms with Crippen molar-refractivity contribution in [3.05, 3.63) is 86.6 Å². The van der Waals surface area contributed by atoms with Crippen LogP contribution in [-0.2, 0) is 26.6 Å². The first-order valence-electron chi connectivity index (χ1n) is 10.7. The predicted molar refractivity (Wildman–Crippen MR) is 122 cm³/mol. The highest BCUT2D eigenvalue weighted by Crippen LogP contribution is 2.31. The molecular formula is C24H25N5O2. The van der Waals surface area contributed by atoms with Gasteiger partial charge in [-0.05, 0) is 36.1 Å². The number of fused-ring (bicyclic) bond motifs is 3. The Morgan fingerprint density at radius 3 is 2.39 bits per heavy atom. The molecule has 0 spiro atoms. The molecule has 7 nitrogen and oxygen atoms in total. The average molecular weight is 415 g/mol. The highest BCUT2D eigenvalue weighted by atomic mass is 16.2. The lowest BCUT2D eigenvalue weighted by Gasteiger charge is -2.29. The third-order valence-electron chi connectivity index (χ3n) is 6.06. The maximum atomic E-state index is 13.4. The first kappa shape index (κ1) is 19.4. The lowest BCUT2D eigenvalue weighted by atomic mass is 10.1. The Kier molecular flexibility index (Phi) is 4.73. The maximum absolute atomic E-state index is 13.4. The summed E-state index contributed by atoms with van der Waals surface area (Å²) in [4.78, 5) is 33.3. The van der Waals surface area contributed by atoms with Gasteiger partial charge in [-0.15, -0.1) is 0 Å². The zero-order valence-electron chi connectivity index (χ0n) is 17.8. The third kappa shape index (κ3) is 3.17. The van der Waals surface area contributed by atoms with Crippen molar-refractivity contribution < 1.29 is 0 Å². The molecule has 158 valence electrons. The second kappa shape index (κ2) is 7.58.